The van der Waals surface area contributed by atoms with E-state index in [0.29, 0.717) is 11.5 Å². The molecule has 2 atom stereocenters. The van der Waals surface area contributed by atoms with Gasteiger partial charge in [0.1, 0.15) is 0 Å². The molecule has 2 nitrogen and oxygen atoms in total. The molecule has 0 aliphatic carbocycles. The van der Waals surface area contributed by atoms with E-state index in [-0.39, 0.29) is 11.9 Å². The molecule has 1 rings (SSSR count). The number of amides is 1. The number of benzene rings is 1. The highest BCUT2D eigenvalue weighted by molar-refractivity contribution is 9.10. The van der Waals surface area contributed by atoms with Gasteiger partial charge < -0.3 is 5.32 Å². The molecule has 0 aliphatic heterocycles. The zero-order valence-electron chi connectivity index (χ0n) is 11.6. The van der Waals surface area contributed by atoms with Crippen molar-refractivity contribution in [3.63, 3.8) is 0 Å². The van der Waals surface area contributed by atoms with Crippen molar-refractivity contribution in [3.05, 3.63) is 33.8 Å². The summed E-state index contributed by atoms with van der Waals surface area (Å²) in [4.78, 5) is 12.1. The molecule has 3 heteroatoms. The molecule has 0 bridgehead atoms. The minimum Gasteiger partial charge on any atom is -0.350 e. The molecule has 2 unspecified atom stereocenters. The van der Waals surface area contributed by atoms with Crippen molar-refractivity contribution in [2.45, 2.75) is 46.6 Å². The summed E-state index contributed by atoms with van der Waals surface area (Å²) >= 11 is 3.44. The number of carbonyl (C=O) groups is 1. The van der Waals surface area contributed by atoms with Crippen LogP contribution in [0.3, 0.4) is 0 Å². The van der Waals surface area contributed by atoms with Gasteiger partial charge in [-0.05, 0) is 59.8 Å². The average molecular weight is 312 g/mol. The third kappa shape index (κ3) is 4.45. The summed E-state index contributed by atoms with van der Waals surface area (Å²) in [6.45, 7) is 8.46. The van der Waals surface area contributed by atoms with Crippen LogP contribution >= 0.6 is 15.9 Å². The molecule has 100 valence electrons. The van der Waals surface area contributed by atoms with Gasteiger partial charge in [0.25, 0.3) is 5.91 Å². The fourth-order valence-corrected chi connectivity index (χ4v) is 2.61. The predicted octanol–water partition coefficient (Wildman–Crippen LogP) is 4.31. The second-order valence-corrected chi connectivity index (χ2v) is 5.96. The summed E-state index contributed by atoms with van der Waals surface area (Å²) in [6.07, 6.45) is 2.17. The van der Waals surface area contributed by atoms with E-state index in [1.54, 1.807) is 0 Å². The van der Waals surface area contributed by atoms with Gasteiger partial charge in [-0.15, -0.1) is 0 Å². The van der Waals surface area contributed by atoms with Crippen molar-refractivity contribution in [1.29, 1.82) is 0 Å². The monoisotopic (exact) mass is 311 g/mol. The highest BCUT2D eigenvalue weighted by Gasteiger charge is 2.14. The number of rotatable bonds is 5. The van der Waals surface area contributed by atoms with Gasteiger partial charge in [-0.1, -0.05) is 26.3 Å². The van der Waals surface area contributed by atoms with Crippen LogP contribution in [0.2, 0.25) is 0 Å². The molecule has 1 aromatic rings. The summed E-state index contributed by atoms with van der Waals surface area (Å²) in [5, 5.41) is 3.05. The van der Waals surface area contributed by atoms with Gasteiger partial charge in [0, 0.05) is 10.5 Å². The van der Waals surface area contributed by atoms with Crippen LogP contribution in [0.1, 0.15) is 49.5 Å². The van der Waals surface area contributed by atoms with E-state index >= 15 is 0 Å². The molecule has 0 aromatic heterocycles. The van der Waals surface area contributed by atoms with Gasteiger partial charge in [-0.2, -0.15) is 0 Å². The van der Waals surface area contributed by atoms with E-state index in [9.17, 15) is 4.79 Å². The second-order valence-electron chi connectivity index (χ2n) is 5.11. The Kier molecular flexibility index (Phi) is 5.86. The molecule has 1 amide bonds. The lowest BCUT2D eigenvalue weighted by molar-refractivity contribution is 0.0934. The number of halogens is 1. The third-order valence-corrected chi connectivity index (χ3v) is 3.86. The molecular formula is C15H22BrNO. The van der Waals surface area contributed by atoms with E-state index in [1.165, 1.54) is 0 Å². The topological polar surface area (TPSA) is 29.1 Å². The lowest BCUT2D eigenvalue weighted by atomic mass is 10.00. The highest BCUT2D eigenvalue weighted by Crippen LogP contribution is 2.19. The molecule has 1 aromatic carbocycles. The molecule has 0 saturated carbocycles. The van der Waals surface area contributed by atoms with Crippen LogP contribution in [0.5, 0.6) is 0 Å². The number of nitrogens with one attached hydrogen (secondary N) is 1. The van der Waals surface area contributed by atoms with Crippen molar-refractivity contribution in [2.24, 2.45) is 5.92 Å². The number of aryl methyl sites for hydroxylation is 1. The minimum atomic E-state index is -0.00215. The maximum atomic E-state index is 12.1. The Morgan fingerprint density at radius 2 is 2.06 bits per heavy atom. The minimum absolute atomic E-state index is 0.00215. The van der Waals surface area contributed by atoms with Gasteiger partial charge in [-0.25, -0.2) is 0 Å². The smallest absolute Gasteiger partial charge is 0.252 e. The largest absolute Gasteiger partial charge is 0.350 e. The Bertz CT molecular complexity index is 417. The first kappa shape index (κ1) is 15.2. The van der Waals surface area contributed by atoms with Crippen LogP contribution in [-0.4, -0.2) is 11.9 Å². The van der Waals surface area contributed by atoms with E-state index in [1.807, 2.05) is 25.1 Å². The first-order chi connectivity index (χ1) is 8.43. The lowest BCUT2D eigenvalue weighted by Crippen LogP contribution is -2.33. The van der Waals surface area contributed by atoms with Crippen LogP contribution in [0.15, 0.2) is 22.7 Å². The van der Waals surface area contributed by atoms with Crippen LogP contribution in [0.4, 0.5) is 0 Å². The maximum Gasteiger partial charge on any atom is 0.252 e. The van der Waals surface area contributed by atoms with Crippen LogP contribution < -0.4 is 5.32 Å². The number of hydrogen-bond acceptors (Lipinski definition) is 1. The van der Waals surface area contributed by atoms with Crippen LogP contribution in [0.25, 0.3) is 0 Å². The van der Waals surface area contributed by atoms with Gasteiger partial charge in [-0.3, -0.25) is 4.79 Å². The Morgan fingerprint density at radius 3 is 2.61 bits per heavy atom. The Hall–Kier alpha value is -0.830. The molecule has 0 radical (unpaired) electrons. The molecule has 1 N–H and O–H groups in total. The van der Waals surface area contributed by atoms with Crippen molar-refractivity contribution in [1.82, 2.24) is 5.32 Å². The van der Waals surface area contributed by atoms with E-state index < -0.39 is 0 Å². The Labute approximate surface area is 118 Å². The lowest BCUT2D eigenvalue weighted by Gasteiger charge is -2.18. The molecular weight excluding hydrogens is 290 g/mol. The quantitative estimate of drug-likeness (QED) is 0.862. The molecule has 0 saturated heterocycles. The van der Waals surface area contributed by atoms with E-state index in [0.717, 1.165) is 22.9 Å². The van der Waals surface area contributed by atoms with Gasteiger partial charge >= 0.3 is 0 Å². The molecule has 0 fully saturated rings. The highest BCUT2D eigenvalue weighted by atomic mass is 79.9. The molecule has 0 spiro atoms. The molecule has 0 aliphatic rings. The third-order valence-electron chi connectivity index (χ3n) is 3.20. The van der Waals surface area contributed by atoms with Gasteiger partial charge in [0.15, 0.2) is 0 Å². The standard InChI is InChI=1S/C15H22BrNO/c1-5-10(2)8-12(4)17-15(18)13-7-6-11(3)9-14(13)16/h6-7,9-10,12H,5,8H2,1-4H3,(H,17,18). The zero-order chi connectivity index (χ0) is 13.7. The Balaban J connectivity index is 2.65. The number of hydrogen-bond donors (Lipinski definition) is 1. The number of carbonyl (C=O) groups excluding carboxylic acids is 1. The molecule has 0 heterocycles. The zero-order valence-corrected chi connectivity index (χ0v) is 13.2. The fraction of sp³-hybridized carbons (Fsp3) is 0.533. The van der Waals surface area contributed by atoms with E-state index in [4.69, 9.17) is 0 Å². The summed E-state index contributed by atoms with van der Waals surface area (Å²) in [6, 6.07) is 6.00. The normalized spacial score (nSPS) is 14.1. The Morgan fingerprint density at radius 1 is 1.39 bits per heavy atom. The average Bonchev–Trinajstić information content (AvgIpc) is 2.28. The van der Waals surface area contributed by atoms with Gasteiger partial charge in [0.05, 0.1) is 5.56 Å². The van der Waals surface area contributed by atoms with Crippen LogP contribution in [-0.2, 0) is 0 Å². The summed E-state index contributed by atoms with van der Waals surface area (Å²) in [5.74, 6) is 0.638. The summed E-state index contributed by atoms with van der Waals surface area (Å²) < 4.78 is 0.857. The van der Waals surface area contributed by atoms with E-state index in [2.05, 4.69) is 42.0 Å². The second kappa shape index (κ2) is 6.93. The first-order valence-corrected chi connectivity index (χ1v) is 7.30. The summed E-state index contributed by atoms with van der Waals surface area (Å²) in [7, 11) is 0. The maximum absolute atomic E-state index is 12.1. The first-order valence-electron chi connectivity index (χ1n) is 6.51. The SMILES string of the molecule is CCC(C)CC(C)NC(=O)c1ccc(C)cc1Br. The summed E-state index contributed by atoms with van der Waals surface area (Å²) in [5.41, 5.74) is 1.85. The van der Waals surface area contributed by atoms with Crippen molar-refractivity contribution < 1.29 is 4.79 Å². The fourth-order valence-electron chi connectivity index (χ4n) is 1.93. The molecule has 18 heavy (non-hydrogen) atoms. The van der Waals surface area contributed by atoms with Crippen molar-refractivity contribution >= 4 is 21.8 Å². The van der Waals surface area contributed by atoms with Crippen molar-refractivity contribution in [3.8, 4) is 0 Å². The predicted molar refractivity (Wildman–Crippen MR) is 79.9 cm³/mol. The van der Waals surface area contributed by atoms with Crippen LogP contribution in [0, 0.1) is 12.8 Å². The van der Waals surface area contributed by atoms with Crippen molar-refractivity contribution in [2.75, 3.05) is 0 Å². The van der Waals surface area contributed by atoms with Gasteiger partial charge in [0.2, 0.25) is 0 Å².